The third-order valence-corrected chi connectivity index (χ3v) is 28.6. The van der Waals surface area contributed by atoms with E-state index in [9.17, 15) is 104 Å². The monoisotopic (exact) mass is 1750 g/mol. The summed E-state index contributed by atoms with van der Waals surface area (Å²) in [5, 5.41) is 142. The molecule has 31 nitrogen and oxygen atoms in total. The number of nitrogens with zero attached hydrogens (tertiary/aromatic N) is 4. The summed E-state index contributed by atoms with van der Waals surface area (Å²) in [5.74, 6) is -18.5. The fourth-order valence-corrected chi connectivity index (χ4v) is 22.7. The first-order valence-electron chi connectivity index (χ1n) is 43.4. The molecule has 5 aromatic rings. The number of likely N-dealkylation sites (N-methyl/N-ethyl adjacent to an activating group) is 3. The number of ketones is 6. The summed E-state index contributed by atoms with van der Waals surface area (Å²) >= 11 is 0. The molecular formula is C97H107N9O22. The molecular weight excluding hydrogens is 1640 g/mol. The lowest BCUT2D eigenvalue weighted by Gasteiger charge is -2.50. The predicted octanol–water partition coefficient (Wildman–Crippen LogP) is 6.89. The molecule has 672 valence electrons. The number of allylic oxidation sites excluding steroid dienone is 6. The van der Waals surface area contributed by atoms with Crippen LogP contribution in [0.4, 0.5) is 0 Å². The van der Waals surface area contributed by atoms with E-state index in [1.165, 1.54) is 81.7 Å². The quantitative estimate of drug-likeness (QED) is 0.0397. The van der Waals surface area contributed by atoms with Gasteiger partial charge in [0.05, 0.1) is 41.4 Å². The first-order chi connectivity index (χ1) is 60.8. The minimum absolute atomic E-state index is 0.0270. The molecule has 1 aromatic heterocycles. The Kier molecular flexibility index (Phi) is 23.8. The number of phenols is 3. The zero-order valence-corrected chi connectivity index (χ0v) is 71.9. The maximum atomic E-state index is 14.0. The summed E-state index contributed by atoms with van der Waals surface area (Å²) in [5.41, 5.74) is 15.4. The number of Topliss-reactive ketones (excluding diaryl/α,β-unsaturated/α-hetero) is 6. The van der Waals surface area contributed by atoms with Gasteiger partial charge in [-0.2, -0.15) is 0 Å². The van der Waals surface area contributed by atoms with E-state index in [1.54, 1.807) is 54.4 Å². The van der Waals surface area contributed by atoms with Gasteiger partial charge in [0.15, 0.2) is 34.2 Å². The van der Waals surface area contributed by atoms with E-state index in [0.29, 0.717) is 60.0 Å². The van der Waals surface area contributed by atoms with Crippen LogP contribution < -0.4 is 27.8 Å². The first-order valence-corrected chi connectivity index (χ1v) is 43.4. The number of nitrogens with one attached hydrogen (secondary N) is 2. The van der Waals surface area contributed by atoms with Crippen molar-refractivity contribution in [3.63, 3.8) is 0 Å². The molecule has 31 heteroatoms. The highest BCUT2D eigenvalue weighted by Gasteiger charge is 2.68. The van der Waals surface area contributed by atoms with Crippen LogP contribution in [0.3, 0.4) is 0 Å². The number of aliphatic hydroxyl groups excluding tert-OH is 6. The lowest BCUT2D eigenvalue weighted by Crippen LogP contribution is -2.65. The Hall–Kier alpha value is -12.2. The third-order valence-electron chi connectivity index (χ3n) is 28.6. The molecule has 4 aromatic carbocycles. The molecule has 128 heavy (non-hydrogen) atoms. The van der Waals surface area contributed by atoms with Gasteiger partial charge in [-0.15, -0.1) is 0 Å². The molecule has 13 aliphatic rings. The second-order valence-corrected chi connectivity index (χ2v) is 36.8. The highest BCUT2D eigenvalue weighted by molar-refractivity contribution is 6.27. The standard InChI is InChI=1S/C34H35N3O7.C33H39N3O7.C30H33N3O8/c1-37(2)28-23-14-20-13-22-21(19-9-8-18(12-19)16-36-15-17-6-4-3-5-7-17)10-11-24(38)26(22)29(39)25(20)31(41)34(23,44)32(42)27(30(28)40)33(35)43;1-36(2)27-22-14-18-13-21-20(17-9-8-16(12-17)15-35-19-6-4-3-5-7-19)10-11-23(37)25(21)28(38)24(18)30(40)33(22,43)31(41)26(29(27)39)32(34)42;1-32(2)24-18-12-14-11-17-16(20-8-5-15(41-20)13-33-9-3-4-10-33)6-7-19(34)22(17)25(35)21(14)27(37)30(18,40)28(38)23(26(24)36)29(31)39/h3-11,20,23,28,36,38-39,42,44H,12-16H2,1-2H3,(H2,35,43);8-11,18-19,22,27,35,37-38,41,43H,3-7,12-15H2,1-2H3,(H2,34,42);5-8,14,18,24,34-35,38,40H,3-4,9-13H2,1-2H3,(H2,31,39)/t20-,23-,28+,34-;18-,22-,27+,33-;14-,18-,24+,30-/m000/s1. The number of hydrogen-bond acceptors (Lipinski definition) is 28. The minimum Gasteiger partial charge on any atom is -0.508 e. The average Bonchev–Trinajstić information content (AvgIpc) is 0.943. The number of carbonyl (C=O) groups is 9. The molecule has 12 atom stereocenters. The van der Waals surface area contributed by atoms with Crippen LogP contribution in [0, 0.1) is 35.5 Å². The number of benzene rings is 4. The van der Waals surface area contributed by atoms with Gasteiger partial charge in [0, 0.05) is 65.7 Å². The van der Waals surface area contributed by atoms with Crippen molar-refractivity contribution in [3.05, 3.63) is 221 Å². The largest absolute Gasteiger partial charge is 0.508 e. The number of nitrogens with two attached hydrogens (primary N) is 3. The Morgan fingerprint density at radius 2 is 0.828 bits per heavy atom. The van der Waals surface area contributed by atoms with E-state index in [2.05, 4.69) is 45.9 Å². The molecule has 0 unspecified atom stereocenters. The Morgan fingerprint density at radius 1 is 0.453 bits per heavy atom. The summed E-state index contributed by atoms with van der Waals surface area (Å²) in [7, 11) is 9.47. The molecule has 5 fully saturated rings. The van der Waals surface area contributed by atoms with Gasteiger partial charge in [-0.05, 0) is 231 Å². The number of amides is 3. The van der Waals surface area contributed by atoms with Crippen molar-refractivity contribution in [2.24, 2.45) is 52.7 Å². The van der Waals surface area contributed by atoms with E-state index < -0.39 is 174 Å². The summed E-state index contributed by atoms with van der Waals surface area (Å²) in [4.78, 5) is 125. The zero-order chi connectivity index (χ0) is 91.7. The molecule has 4 saturated carbocycles. The van der Waals surface area contributed by atoms with Crippen molar-refractivity contribution in [2.75, 3.05) is 68.5 Å². The first kappa shape index (κ1) is 89.2. The second-order valence-electron chi connectivity index (χ2n) is 36.8. The van der Waals surface area contributed by atoms with Gasteiger partial charge >= 0.3 is 0 Å². The summed E-state index contributed by atoms with van der Waals surface area (Å²) in [6, 6.07) is 20.7. The Labute approximate surface area is 737 Å². The number of likely N-dealkylation sites (tertiary alicyclic amines) is 1. The van der Waals surface area contributed by atoms with Gasteiger partial charge in [-0.25, -0.2) is 0 Å². The van der Waals surface area contributed by atoms with E-state index in [0.717, 1.165) is 67.1 Å². The SMILES string of the molecule is CN(C)[C@H]1C(=O)C(C(N)=O)=C(O)[C@@]2(O)C(=O)C3=C(O)c4c(O)ccc(-c5ccc(CN6CCCC6)o5)c4C[C@H]3C[C@@H]12.CN(C)[C@H]1C(=O)C(C(N)=O)=C(O)[C@@]2(O)C(=O)C3=C(O)c4c(O)ccc(C5=CC=C(CNC6CCCCC6)C5)c4C[C@H]3C[C@@H]12.CN(C)[C@H]1C(=O)C(C(N)=O)=C(O)[C@@]2(O)C(=O)C3=C(O)c4c(O)ccc(C5=CC=C(CNCc6ccccc6)C5)c4C[C@H]3C[C@@H]12. The van der Waals surface area contributed by atoms with Gasteiger partial charge in [0.2, 0.25) is 17.3 Å². The van der Waals surface area contributed by atoms with Gasteiger partial charge in [0.25, 0.3) is 17.7 Å². The number of hydrogen-bond donors (Lipinski definition) is 17. The molecule has 18 rings (SSSR count). The van der Waals surface area contributed by atoms with Crippen LogP contribution >= 0.6 is 0 Å². The van der Waals surface area contributed by atoms with Gasteiger partial charge < -0.3 is 93.5 Å². The summed E-state index contributed by atoms with van der Waals surface area (Å²) < 4.78 is 6.18. The maximum absolute atomic E-state index is 14.0. The van der Waals surface area contributed by atoms with Crippen molar-refractivity contribution in [3.8, 4) is 28.6 Å². The number of carbonyl (C=O) groups excluding carboxylic acids is 9. The van der Waals surface area contributed by atoms with E-state index in [4.69, 9.17) is 21.6 Å². The fraction of sp³-hybridized carbons (Fsp3) is 0.412. The number of aromatic hydroxyl groups is 3. The van der Waals surface area contributed by atoms with Crippen molar-refractivity contribution >= 4 is 80.8 Å². The molecule has 20 N–H and O–H groups in total. The molecule has 3 amide bonds. The van der Waals surface area contributed by atoms with Gasteiger partial charge in [-0.1, -0.05) is 97.2 Å². The van der Waals surface area contributed by atoms with Crippen molar-refractivity contribution in [1.82, 2.24) is 30.2 Å². The van der Waals surface area contributed by atoms with Crippen LogP contribution in [0.15, 0.2) is 169 Å². The summed E-state index contributed by atoms with van der Waals surface area (Å²) in [6.07, 6.45) is 19.0. The number of primary amides is 3. The zero-order valence-electron chi connectivity index (χ0n) is 71.9. The summed E-state index contributed by atoms with van der Waals surface area (Å²) in [6.45, 7) is 4.91. The normalized spacial score (nSPS) is 28.0. The molecule has 0 radical (unpaired) electrons. The predicted molar refractivity (Wildman–Crippen MR) is 469 cm³/mol. The lowest BCUT2D eigenvalue weighted by molar-refractivity contribution is -0.155. The van der Waals surface area contributed by atoms with Gasteiger partial charge in [-0.3, -0.25) is 62.8 Å². The van der Waals surface area contributed by atoms with Crippen molar-refractivity contribution < 1.29 is 109 Å². The highest BCUT2D eigenvalue weighted by atomic mass is 16.4. The van der Waals surface area contributed by atoms with Crippen LogP contribution in [-0.4, -0.2) is 243 Å². The van der Waals surface area contributed by atoms with Crippen LogP contribution in [0.1, 0.15) is 133 Å². The maximum Gasteiger partial charge on any atom is 0.255 e. The van der Waals surface area contributed by atoms with Crippen molar-refractivity contribution in [1.29, 1.82) is 0 Å². The number of aliphatic hydroxyl groups is 9. The molecule has 1 saturated heterocycles. The topological polar surface area (TPSA) is 525 Å². The number of rotatable bonds is 18. The molecule has 12 aliphatic carbocycles. The average molecular weight is 1750 g/mol. The molecule has 0 spiro atoms. The number of phenolic OH excluding ortho intramolecular Hbond substituents is 3. The Morgan fingerprint density at radius 3 is 1.21 bits per heavy atom. The van der Waals surface area contributed by atoms with Crippen LogP contribution in [0.2, 0.25) is 0 Å². The lowest BCUT2D eigenvalue weighted by atomic mass is 9.57. The van der Waals surface area contributed by atoms with E-state index in [-0.39, 0.29) is 89.2 Å². The second kappa shape index (κ2) is 34.1. The van der Waals surface area contributed by atoms with Gasteiger partial charge in [0.1, 0.15) is 80.0 Å². The fourth-order valence-electron chi connectivity index (χ4n) is 22.7. The van der Waals surface area contributed by atoms with Crippen LogP contribution in [0.25, 0.3) is 39.7 Å². The molecule has 1 aliphatic heterocycles. The van der Waals surface area contributed by atoms with Crippen LogP contribution in [0.5, 0.6) is 17.2 Å². The molecule has 2 heterocycles. The van der Waals surface area contributed by atoms with Crippen molar-refractivity contribution in [2.45, 2.75) is 150 Å². The third kappa shape index (κ3) is 14.7. The van der Waals surface area contributed by atoms with E-state index in [1.807, 2.05) is 42.5 Å². The number of furan rings is 1. The minimum atomic E-state index is -2.66. The van der Waals surface area contributed by atoms with E-state index >= 15 is 0 Å². The van der Waals surface area contributed by atoms with Crippen LogP contribution in [-0.2, 0) is 75.5 Å². The Bertz CT molecular complexity index is 5940. The number of fused-ring (bicyclic) bond motifs is 9. The molecule has 0 bridgehead atoms. The Balaban J connectivity index is 0.000000141. The highest BCUT2D eigenvalue weighted by Crippen LogP contribution is 2.59. The smallest absolute Gasteiger partial charge is 0.255 e.